The number of hydrogen-bond donors (Lipinski definition) is 1. The first-order valence-electron chi connectivity index (χ1n) is 8.07. The fourth-order valence-corrected chi connectivity index (χ4v) is 2.87. The van der Waals surface area contributed by atoms with Gasteiger partial charge < -0.3 is 9.66 Å². The molecule has 0 aromatic rings. The summed E-state index contributed by atoms with van der Waals surface area (Å²) in [4.78, 5) is 0. The summed E-state index contributed by atoms with van der Waals surface area (Å²) >= 11 is 0. The molecule has 0 bridgehead atoms. The van der Waals surface area contributed by atoms with E-state index in [1.54, 1.807) is 0 Å². The molecule has 0 aromatic heterocycles. The van der Waals surface area contributed by atoms with Crippen molar-refractivity contribution in [3.8, 4) is 0 Å². The van der Waals surface area contributed by atoms with Gasteiger partial charge >= 0.3 is 29.6 Å². The molecule has 0 aliphatic carbocycles. The average molecular weight is 330 g/mol. The van der Waals surface area contributed by atoms with Crippen molar-refractivity contribution in [2.45, 2.75) is 90.1 Å². The largest absolute Gasteiger partial charge is 1.00 e. The van der Waals surface area contributed by atoms with E-state index in [1.807, 2.05) is 0 Å². The average Bonchev–Trinajstić information content (AvgIpc) is 2.36. The van der Waals surface area contributed by atoms with Crippen LogP contribution in [0.1, 0.15) is 84.0 Å². The van der Waals surface area contributed by atoms with E-state index in [2.05, 4.69) is 6.92 Å². The van der Waals surface area contributed by atoms with Gasteiger partial charge in [-0.25, -0.2) is 8.42 Å². The summed E-state index contributed by atoms with van der Waals surface area (Å²) in [5.41, 5.74) is 0. The smallest absolute Gasteiger partial charge is 0.748 e. The van der Waals surface area contributed by atoms with Crippen LogP contribution in [-0.4, -0.2) is 29.9 Å². The number of unbranched alkanes of at least 4 members (excludes halogenated alkanes) is 8. The van der Waals surface area contributed by atoms with Crippen molar-refractivity contribution < 1.29 is 47.6 Å². The summed E-state index contributed by atoms with van der Waals surface area (Å²) in [6.45, 7) is 2.20. The Balaban J connectivity index is 0. The van der Waals surface area contributed by atoms with Crippen LogP contribution in [0.5, 0.6) is 0 Å². The minimum atomic E-state index is -4.04. The molecular weight excluding hydrogens is 299 g/mol. The van der Waals surface area contributed by atoms with Crippen molar-refractivity contribution >= 4 is 10.1 Å². The van der Waals surface area contributed by atoms with E-state index in [4.69, 9.17) is 0 Å². The summed E-state index contributed by atoms with van der Waals surface area (Å²) in [5, 5.41) is 9.79. The first-order chi connectivity index (χ1) is 9.45. The van der Waals surface area contributed by atoms with Crippen LogP contribution < -0.4 is 29.6 Å². The van der Waals surface area contributed by atoms with Gasteiger partial charge in [0.25, 0.3) is 0 Å². The minimum Gasteiger partial charge on any atom is -0.748 e. The van der Waals surface area contributed by atoms with Gasteiger partial charge in [-0.05, 0) is 19.3 Å². The third-order valence-electron chi connectivity index (χ3n) is 3.57. The van der Waals surface area contributed by atoms with Crippen LogP contribution in [0.3, 0.4) is 0 Å². The molecule has 122 valence electrons. The van der Waals surface area contributed by atoms with Crippen LogP contribution in [0.15, 0.2) is 0 Å². The van der Waals surface area contributed by atoms with Gasteiger partial charge in [-0.15, -0.1) is 0 Å². The van der Waals surface area contributed by atoms with Gasteiger partial charge in [0.05, 0.1) is 16.2 Å². The Morgan fingerprint density at radius 2 is 1.29 bits per heavy atom. The van der Waals surface area contributed by atoms with E-state index >= 15 is 0 Å². The summed E-state index contributed by atoms with van der Waals surface area (Å²) in [6.07, 6.45) is 11.9. The van der Waals surface area contributed by atoms with E-state index in [0.29, 0.717) is 6.42 Å². The SMILES string of the molecule is CCCCCCCC(O)CCCCCCCS(=O)(=O)[O-].[Na+]. The van der Waals surface area contributed by atoms with Crippen molar-refractivity contribution in [1.82, 2.24) is 0 Å². The van der Waals surface area contributed by atoms with Gasteiger partial charge in [-0.3, -0.25) is 0 Å². The molecule has 0 aliphatic rings. The molecule has 1 atom stereocenters. The molecule has 4 nitrogen and oxygen atoms in total. The third-order valence-corrected chi connectivity index (χ3v) is 4.36. The van der Waals surface area contributed by atoms with E-state index in [0.717, 1.165) is 44.9 Å². The molecule has 21 heavy (non-hydrogen) atoms. The molecule has 0 fully saturated rings. The maximum Gasteiger partial charge on any atom is 1.00 e. The minimum absolute atomic E-state index is 0. The molecule has 0 saturated heterocycles. The fraction of sp³-hybridized carbons (Fsp3) is 1.00. The van der Waals surface area contributed by atoms with Gasteiger partial charge in [-0.2, -0.15) is 0 Å². The summed E-state index contributed by atoms with van der Waals surface area (Å²) < 4.78 is 31.2. The monoisotopic (exact) mass is 330 g/mol. The quantitative estimate of drug-likeness (QED) is 0.287. The number of rotatable bonds is 14. The van der Waals surface area contributed by atoms with Crippen molar-refractivity contribution in [3.63, 3.8) is 0 Å². The van der Waals surface area contributed by atoms with E-state index in [9.17, 15) is 18.1 Å². The first kappa shape index (κ1) is 24.1. The van der Waals surface area contributed by atoms with Crippen LogP contribution >= 0.6 is 0 Å². The molecule has 0 aromatic carbocycles. The molecule has 0 spiro atoms. The molecule has 0 heterocycles. The van der Waals surface area contributed by atoms with Gasteiger partial charge in [0.1, 0.15) is 0 Å². The molecule has 0 amide bonds. The second kappa shape index (κ2) is 15.8. The summed E-state index contributed by atoms with van der Waals surface area (Å²) in [7, 11) is -4.04. The van der Waals surface area contributed by atoms with Crippen LogP contribution in [0.4, 0.5) is 0 Å². The van der Waals surface area contributed by atoms with Crippen molar-refractivity contribution in [3.05, 3.63) is 0 Å². The van der Waals surface area contributed by atoms with Gasteiger partial charge in [0, 0.05) is 5.75 Å². The van der Waals surface area contributed by atoms with Crippen LogP contribution in [0.25, 0.3) is 0 Å². The summed E-state index contributed by atoms with van der Waals surface area (Å²) in [6, 6.07) is 0. The van der Waals surface area contributed by atoms with E-state index < -0.39 is 10.1 Å². The van der Waals surface area contributed by atoms with Gasteiger partial charge in [0.2, 0.25) is 0 Å². The summed E-state index contributed by atoms with van der Waals surface area (Å²) in [5.74, 6) is -0.243. The number of aliphatic hydroxyl groups is 1. The Morgan fingerprint density at radius 3 is 1.76 bits per heavy atom. The molecule has 0 aliphatic heterocycles. The topological polar surface area (TPSA) is 77.4 Å². The Morgan fingerprint density at radius 1 is 0.857 bits per heavy atom. The standard InChI is InChI=1S/C15H32O4S.Na/c1-2-3-4-6-9-12-15(16)13-10-7-5-8-11-14-20(17,18)19;/h15-16H,2-14H2,1H3,(H,17,18,19);/q;+1/p-1. The van der Waals surface area contributed by atoms with Crippen molar-refractivity contribution in [1.29, 1.82) is 0 Å². The van der Waals surface area contributed by atoms with Crippen molar-refractivity contribution in [2.24, 2.45) is 0 Å². The zero-order chi connectivity index (χ0) is 15.3. The number of aliphatic hydroxyl groups excluding tert-OH is 1. The molecule has 6 heteroatoms. The molecule has 1 N–H and O–H groups in total. The number of hydrogen-bond acceptors (Lipinski definition) is 4. The molecule has 0 rings (SSSR count). The molecule has 1 unspecified atom stereocenters. The Bertz CT molecular complexity index is 307. The molecule has 0 saturated carbocycles. The second-order valence-corrected chi connectivity index (χ2v) is 7.20. The van der Waals surface area contributed by atoms with Gasteiger partial charge in [-0.1, -0.05) is 64.7 Å². The second-order valence-electron chi connectivity index (χ2n) is 5.67. The zero-order valence-corrected chi connectivity index (χ0v) is 16.7. The Hall–Kier alpha value is 0.870. The molecular formula is C15H31NaO4S. The zero-order valence-electron chi connectivity index (χ0n) is 13.8. The van der Waals surface area contributed by atoms with Crippen LogP contribution in [0.2, 0.25) is 0 Å². The third kappa shape index (κ3) is 20.9. The first-order valence-corrected chi connectivity index (χ1v) is 9.65. The molecule has 0 radical (unpaired) electrons. The maximum atomic E-state index is 10.4. The van der Waals surface area contributed by atoms with Crippen molar-refractivity contribution in [2.75, 3.05) is 5.75 Å². The fourth-order valence-electron chi connectivity index (χ4n) is 2.32. The maximum absolute atomic E-state index is 10.4. The Kier molecular flexibility index (Phi) is 18.1. The van der Waals surface area contributed by atoms with Crippen LogP contribution in [0, 0.1) is 0 Å². The van der Waals surface area contributed by atoms with Crippen LogP contribution in [-0.2, 0) is 10.1 Å². The van der Waals surface area contributed by atoms with E-state index in [1.165, 1.54) is 25.7 Å². The predicted octanol–water partition coefficient (Wildman–Crippen LogP) is 0.598. The normalized spacial score (nSPS) is 12.9. The Labute approximate surface area is 153 Å². The predicted molar refractivity (Wildman–Crippen MR) is 81.6 cm³/mol. The van der Waals surface area contributed by atoms with E-state index in [-0.39, 0.29) is 41.4 Å². The van der Waals surface area contributed by atoms with Gasteiger partial charge in [0.15, 0.2) is 0 Å².